The molecular formula is C11H16O4S2. The fraction of sp³-hybridized carbons (Fsp3) is 0.455. The van der Waals surface area contributed by atoms with Crippen molar-refractivity contribution >= 4 is 22.4 Å². The van der Waals surface area contributed by atoms with E-state index in [0.717, 1.165) is 24.9 Å². The van der Waals surface area contributed by atoms with Gasteiger partial charge in [-0.3, -0.25) is 4.55 Å². The molecule has 1 atom stereocenters. The molecule has 1 aromatic carbocycles. The minimum absolute atomic E-state index is 0.383. The van der Waals surface area contributed by atoms with Crippen molar-refractivity contribution < 1.29 is 16.6 Å². The van der Waals surface area contributed by atoms with Crippen LogP contribution in [0, 0.1) is 0 Å². The Labute approximate surface area is 107 Å². The molecule has 0 aliphatic heterocycles. The van der Waals surface area contributed by atoms with Crippen LogP contribution in [0.2, 0.25) is 0 Å². The van der Waals surface area contributed by atoms with Gasteiger partial charge in [-0.25, -0.2) is 0 Å². The van der Waals surface area contributed by atoms with Crippen LogP contribution in [0.3, 0.4) is 0 Å². The average molecular weight is 276 g/mol. The maximum absolute atomic E-state index is 10.3. The van der Waals surface area contributed by atoms with E-state index >= 15 is 0 Å². The summed E-state index contributed by atoms with van der Waals surface area (Å²) >= 11 is 0.761. The second kappa shape index (κ2) is 7.00. The minimum atomic E-state index is -4.33. The summed E-state index contributed by atoms with van der Waals surface area (Å²) in [6, 6.07) is 10.1. The fourth-order valence-corrected chi connectivity index (χ4v) is 2.76. The molecule has 1 rings (SSSR count). The molecule has 0 aromatic heterocycles. The maximum atomic E-state index is 10.3. The van der Waals surface area contributed by atoms with Crippen molar-refractivity contribution in [1.29, 1.82) is 0 Å². The van der Waals surface area contributed by atoms with Crippen LogP contribution in [-0.2, 0) is 14.0 Å². The molecule has 0 bridgehead atoms. The van der Waals surface area contributed by atoms with Crippen molar-refractivity contribution in [3.8, 4) is 0 Å². The van der Waals surface area contributed by atoms with Gasteiger partial charge in [0.05, 0.1) is 0 Å². The van der Waals surface area contributed by atoms with Crippen LogP contribution in [0.1, 0.15) is 31.2 Å². The molecule has 1 N–H and O–H groups in total. The third kappa shape index (κ3) is 6.07. The summed E-state index contributed by atoms with van der Waals surface area (Å²) in [7, 11) is -4.33. The molecule has 0 aliphatic carbocycles. The average Bonchev–Trinajstić information content (AvgIpc) is 2.29. The lowest BCUT2D eigenvalue weighted by atomic mass is 9.94. The molecule has 6 heteroatoms. The Morgan fingerprint density at radius 1 is 1.35 bits per heavy atom. The van der Waals surface area contributed by atoms with Gasteiger partial charge in [-0.2, -0.15) is 12.0 Å². The van der Waals surface area contributed by atoms with E-state index in [1.54, 1.807) is 0 Å². The van der Waals surface area contributed by atoms with Gasteiger partial charge in [-0.1, -0.05) is 37.3 Å². The predicted octanol–water partition coefficient (Wildman–Crippen LogP) is 3.04. The second-order valence-electron chi connectivity index (χ2n) is 3.62. The summed E-state index contributed by atoms with van der Waals surface area (Å²) in [5.41, 5.74) is 1.24. The van der Waals surface area contributed by atoms with Crippen LogP contribution < -0.4 is 0 Å². The standard InChI is InChI=1S/C11H16O4S2/c1-2-10(11-6-4-3-5-7-11)8-9-16-15-17(12,13)14/h3-7,10H,2,8-9H2,1H3,(H,12,13,14). The molecule has 96 valence electrons. The summed E-state index contributed by atoms with van der Waals surface area (Å²) in [6.07, 6.45) is 1.79. The smallest absolute Gasteiger partial charge is 0.263 e. The molecule has 0 fully saturated rings. The topological polar surface area (TPSA) is 63.6 Å². The summed E-state index contributed by atoms with van der Waals surface area (Å²) in [5.74, 6) is 0.904. The number of hydrogen-bond acceptors (Lipinski definition) is 4. The van der Waals surface area contributed by atoms with Crippen molar-refractivity contribution in [1.82, 2.24) is 0 Å². The Hall–Kier alpha value is -0.560. The van der Waals surface area contributed by atoms with E-state index in [1.165, 1.54) is 5.56 Å². The van der Waals surface area contributed by atoms with Crippen LogP contribution in [0.5, 0.6) is 0 Å². The van der Waals surface area contributed by atoms with E-state index in [9.17, 15) is 8.42 Å². The monoisotopic (exact) mass is 276 g/mol. The molecule has 0 saturated heterocycles. The summed E-state index contributed by atoms with van der Waals surface area (Å²) in [4.78, 5) is 0. The van der Waals surface area contributed by atoms with Crippen LogP contribution in [0.25, 0.3) is 0 Å². The first-order valence-electron chi connectivity index (χ1n) is 5.36. The van der Waals surface area contributed by atoms with E-state index in [0.29, 0.717) is 11.7 Å². The van der Waals surface area contributed by atoms with Gasteiger partial charge in [-0.05, 0) is 24.3 Å². The fourth-order valence-electron chi connectivity index (χ4n) is 1.62. The highest BCUT2D eigenvalue weighted by atomic mass is 32.3. The molecule has 0 amide bonds. The van der Waals surface area contributed by atoms with Gasteiger partial charge in [0.15, 0.2) is 0 Å². The number of rotatable bonds is 7. The summed E-state index contributed by atoms with van der Waals surface area (Å²) in [5, 5.41) is 0. The summed E-state index contributed by atoms with van der Waals surface area (Å²) < 4.78 is 33.2. The van der Waals surface area contributed by atoms with Gasteiger partial charge in [0, 0.05) is 17.8 Å². The highest BCUT2D eigenvalue weighted by molar-refractivity contribution is 8.02. The van der Waals surface area contributed by atoms with Gasteiger partial charge >= 0.3 is 10.4 Å². The molecule has 0 aliphatic rings. The van der Waals surface area contributed by atoms with Gasteiger partial charge in [0.25, 0.3) is 0 Å². The normalized spacial score (nSPS) is 13.5. The minimum Gasteiger partial charge on any atom is -0.263 e. The predicted molar refractivity (Wildman–Crippen MR) is 69.2 cm³/mol. The van der Waals surface area contributed by atoms with Crippen LogP contribution in [-0.4, -0.2) is 18.7 Å². The van der Waals surface area contributed by atoms with E-state index < -0.39 is 10.4 Å². The first-order valence-corrected chi connectivity index (χ1v) is 7.64. The van der Waals surface area contributed by atoms with Gasteiger partial charge in [0.2, 0.25) is 0 Å². The first-order chi connectivity index (χ1) is 8.03. The third-order valence-corrected chi connectivity index (χ3v) is 3.92. The number of hydrogen-bond donors (Lipinski definition) is 1. The van der Waals surface area contributed by atoms with Gasteiger partial charge in [-0.15, -0.1) is 0 Å². The molecule has 0 saturated carbocycles. The zero-order valence-corrected chi connectivity index (χ0v) is 11.2. The Kier molecular flexibility index (Phi) is 5.97. The third-order valence-electron chi connectivity index (χ3n) is 2.45. The lowest BCUT2D eigenvalue weighted by Crippen LogP contribution is -2.01. The number of benzene rings is 1. The molecule has 1 unspecified atom stereocenters. The van der Waals surface area contributed by atoms with Crippen molar-refractivity contribution in [2.45, 2.75) is 25.7 Å². The Bertz CT molecular complexity index is 416. The van der Waals surface area contributed by atoms with Crippen molar-refractivity contribution in [3.63, 3.8) is 0 Å². The Morgan fingerprint density at radius 2 is 2.00 bits per heavy atom. The largest absolute Gasteiger partial charge is 0.408 e. The van der Waals surface area contributed by atoms with Crippen molar-refractivity contribution in [2.24, 2.45) is 0 Å². The van der Waals surface area contributed by atoms with Crippen molar-refractivity contribution in [3.05, 3.63) is 35.9 Å². The van der Waals surface area contributed by atoms with E-state index in [4.69, 9.17) is 4.55 Å². The Morgan fingerprint density at radius 3 is 2.53 bits per heavy atom. The molecule has 0 spiro atoms. The molecule has 0 heterocycles. The van der Waals surface area contributed by atoms with E-state index in [-0.39, 0.29) is 0 Å². The first kappa shape index (κ1) is 14.5. The highest BCUT2D eigenvalue weighted by Gasteiger charge is 2.10. The molecular weight excluding hydrogens is 260 g/mol. The quantitative estimate of drug-likeness (QED) is 0.471. The van der Waals surface area contributed by atoms with Crippen LogP contribution >= 0.6 is 12.0 Å². The van der Waals surface area contributed by atoms with Gasteiger partial charge in [0.1, 0.15) is 0 Å². The van der Waals surface area contributed by atoms with Crippen LogP contribution in [0.4, 0.5) is 0 Å². The van der Waals surface area contributed by atoms with E-state index in [2.05, 4.69) is 22.7 Å². The zero-order valence-electron chi connectivity index (χ0n) is 9.57. The second-order valence-corrected chi connectivity index (χ2v) is 5.67. The summed E-state index contributed by atoms with van der Waals surface area (Å²) in [6.45, 7) is 2.09. The lowest BCUT2D eigenvalue weighted by molar-refractivity contribution is 0.407. The molecule has 4 nitrogen and oxygen atoms in total. The van der Waals surface area contributed by atoms with Gasteiger partial charge < -0.3 is 0 Å². The highest BCUT2D eigenvalue weighted by Crippen LogP contribution is 2.25. The zero-order chi connectivity index (χ0) is 12.7. The van der Waals surface area contributed by atoms with E-state index in [1.807, 2.05) is 18.2 Å². The maximum Gasteiger partial charge on any atom is 0.408 e. The molecule has 17 heavy (non-hydrogen) atoms. The molecule has 0 radical (unpaired) electrons. The molecule has 1 aromatic rings. The van der Waals surface area contributed by atoms with Crippen molar-refractivity contribution in [2.75, 3.05) is 5.75 Å². The van der Waals surface area contributed by atoms with Crippen LogP contribution in [0.15, 0.2) is 30.3 Å². The lowest BCUT2D eigenvalue weighted by Gasteiger charge is -2.14. The Balaban J connectivity index is 2.39. The SMILES string of the molecule is CCC(CCSOS(=O)(=O)O)c1ccccc1.